The molecule has 3 aromatic rings. The van der Waals surface area contributed by atoms with Gasteiger partial charge in [-0.05, 0) is 94.7 Å². The van der Waals surface area contributed by atoms with Gasteiger partial charge in [0.15, 0.2) is 17.7 Å². The number of fused-ring (bicyclic) bond motifs is 1. The number of ether oxygens (including phenoxy) is 6. The molecule has 15 nitrogen and oxygen atoms in total. The molecule has 2 aliphatic rings. The molecule has 0 bridgehead atoms. The Hall–Kier alpha value is -5.04. The van der Waals surface area contributed by atoms with Crippen molar-refractivity contribution in [3.8, 4) is 5.75 Å². The molecule has 4 N–H and O–H groups in total. The van der Waals surface area contributed by atoms with Crippen molar-refractivity contribution in [2.75, 3.05) is 6.61 Å². The molecule has 2 aromatic carbocycles. The van der Waals surface area contributed by atoms with Gasteiger partial charge in [0.25, 0.3) is 0 Å². The highest BCUT2D eigenvalue weighted by Gasteiger charge is 2.49. The summed E-state index contributed by atoms with van der Waals surface area (Å²) in [6.45, 7) is 15.3. The van der Waals surface area contributed by atoms with Crippen LogP contribution in [0.4, 0.5) is 9.18 Å². The van der Waals surface area contributed by atoms with Gasteiger partial charge in [-0.2, -0.15) is 0 Å². The average molecular weight is 912 g/mol. The molecule has 5 rings (SSSR count). The van der Waals surface area contributed by atoms with Crippen molar-refractivity contribution in [1.29, 1.82) is 0 Å². The summed E-state index contributed by atoms with van der Waals surface area (Å²) >= 11 is 1.54. The van der Waals surface area contributed by atoms with Crippen LogP contribution >= 0.6 is 11.3 Å². The topological polar surface area (TPSA) is 217 Å². The lowest BCUT2D eigenvalue weighted by atomic mass is 9.71. The van der Waals surface area contributed by atoms with Crippen LogP contribution in [0.25, 0.3) is 10.2 Å². The number of benzene rings is 2. The van der Waals surface area contributed by atoms with Crippen molar-refractivity contribution in [2.24, 2.45) is 17.3 Å². The summed E-state index contributed by atoms with van der Waals surface area (Å²) in [4.78, 5) is 58.8. The van der Waals surface area contributed by atoms with E-state index in [1.165, 1.54) is 32.1 Å². The zero-order valence-corrected chi connectivity index (χ0v) is 37.5. The first-order valence-corrected chi connectivity index (χ1v) is 22.0. The van der Waals surface area contributed by atoms with Crippen LogP contribution in [0.1, 0.15) is 88.5 Å². The first-order chi connectivity index (χ1) is 30.3. The normalized spacial score (nSPS) is 28.3. The summed E-state index contributed by atoms with van der Waals surface area (Å²) < 4.78 is 49.2. The van der Waals surface area contributed by atoms with Crippen molar-refractivity contribution in [2.45, 2.75) is 129 Å². The van der Waals surface area contributed by atoms with Gasteiger partial charge in [-0.1, -0.05) is 49.4 Å². The van der Waals surface area contributed by atoms with E-state index in [2.05, 4.69) is 18.1 Å². The Morgan fingerprint density at radius 3 is 2.45 bits per heavy atom. The minimum absolute atomic E-state index is 0.0996. The maximum absolute atomic E-state index is 15.4. The lowest BCUT2D eigenvalue weighted by Gasteiger charge is -2.39. The Kier molecular flexibility index (Phi) is 17.4. The van der Waals surface area contributed by atoms with Crippen molar-refractivity contribution in [1.82, 2.24) is 4.98 Å². The second-order valence-corrected chi connectivity index (χ2v) is 18.1. The number of thiazole rings is 1. The van der Waals surface area contributed by atoms with E-state index in [1.54, 1.807) is 11.3 Å². The van der Waals surface area contributed by atoms with Crippen LogP contribution in [0.3, 0.4) is 0 Å². The van der Waals surface area contributed by atoms with E-state index in [4.69, 9.17) is 28.4 Å². The third kappa shape index (κ3) is 12.4. The summed E-state index contributed by atoms with van der Waals surface area (Å²) in [7, 11) is 0. The van der Waals surface area contributed by atoms with E-state index in [0.717, 1.165) is 45.8 Å². The zero-order chi connectivity index (χ0) is 46.9. The molecule has 1 aromatic heterocycles. The molecule has 64 heavy (non-hydrogen) atoms. The molecular formula is C47H58FNO14S. The Labute approximate surface area is 375 Å². The molecular weight excluding hydrogens is 854 g/mol. The maximum atomic E-state index is 15.4. The zero-order valence-electron chi connectivity index (χ0n) is 36.6. The molecule has 0 aliphatic carbocycles. The number of nitrogens with zero attached hydrogens (tertiary/aromatic N) is 1. The highest BCUT2D eigenvalue weighted by Crippen LogP contribution is 2.37. The van der Waals surface area contributed by atoms with Gasteiger partial charge in [-0.25, -0.2) is 19.0 Å². The summed E-state index contributed by atoms with van der Waals surface area (Å²) in [6, 6.07) is 9.05. The van der Waals surface area contributed by atoms with Crippen LogP contribution in [-0.4, -0.2) is 98.8 Å². The first-order valence-electron chi connectivity index (χ1n) is 21.2. The van der Waals surface area contributed by atoms with Crippen LogP contribution in [0, 0.1) is 30.0 Å². The molecule has 0 spiro atoms. The minimum Gasteiger partial charge on any atom is -0.459 e. The van der Waals surface area contributed by atoms with Crippen molar-refractivity contribution in [3.05, 3.63) is 95.3 Å². The van der Waals surface area contributed by atoms with Crippen molar-refractivity contribution < 1.29 is 72.4 Å². The predicted octanol–water partition coefficient (Wildman–Crippen LogP) is 6.66. The minimum atomic E-state index is -1.92. The number of carbonyl (C=O) groups is 4. The van der Waals surface area contributed by atoms with Gasteiger partial charge < -0.3 is 48.8 Å². The number of aromatic nitrogens is 1. The molecule has 0 unspecified atom stereocenters. The average Bonchev–Trinajstić information content (AvgIpc) is 3.64. The number of rotatable bonds is 11. The highest BCUT2D eigenvalue weighted by molar-refractivity contribution is 7.18. The summed E-state index contributed by atoms with van der Waals surface area (Å²) in [6.07, 6.45) is -7.00. The number of hydrogen-bond acceptors (Lipinski definition) is 16. The third-order valence-corrected chi connectivity index (χ3v) is 12.6. The lowest BCUT2D eigenvalue weighted by Crippen LogP contribution is -2.61. The van der Waals surface area contributed by atoms with Crippen LogP contribution in [0.2, 0.25) is 0 Å². The number of carbonyl (C=O) groups excluding carboxylic acids is 4. The second-order valence-electron chi connectivity index (χ2n) is 16.8. The van der Waals surface area contributed by atoms with Gasteiger partial charge in [-0.3, -0.25) is 9.59 Å². The number of halogens is 1. The Morgan fingerprint density at radius 2 is 1.75 bits per heavy atom. The summed E-state index contributed by atoms with van der Waals surface area (Å²) in [5.74, 6) is -5.04. The maximum Gasteiger partial charge on any atom is 0.508 e. The van der Waals surface area contributed by atoms with Gasteiger partial charge in [0.05, 0.1) is 33.2 Å². The van der Waals surface area contributed by atoms with E-state index in [1.807, 2.05) is 45.0 Å². The van der Waals surface area contributed by atoms with Gasteiger partial charge in [0.1, 0.15) is 49.5 Å². The highest BCUT2D eigenvalue weighted by atomic mass is 32.1. The fourth-order valence-corrected chi connectivity index (χ4v) is 8.53. The molecule has 2 aliphatic heterocycles. The van der Waals surface area contributed by atoms with Gasteiger partial charge >= 0.3 is 18.1 Å². The number of hydrogen-bond donors (Lipinski definition) is 4. The molecule has 3 heterocycles. The van der Waals surface area contributed by atoms with Gasteiger partial charge in [0.2, 0.25) is 6.29 Å². The summed E-state index contributed by atoms with van der Waals surface area (Å²) in [5.41, 5.74) is 1.07. The second kappa shape index (κ2) is 22.2. The largest absolute Gasteiger partial charge is 0.508 e. The molecule has 1 fully saturated rings. The molecule has 0 saturated carbocycles. The number of allylic oxidation sites excluding steroid dienone is 2. The van der Waals surface area contributed by atoms with E-state index >= 15 is 4.39 Å². The molecule has 10 atom stereocenters. The Balaban J connectivity index is 1.35. The number of aliphatic hydroxyl groups excluding tert-OH is 4. The number of ketones is 1. The number of Topliss-reactive ketones (excluding diaryl/α,β-unsaturated/α-hetero) is 1. The number of cyclic esters (lactones) is 1. The fraction of sp³-hybridized carbons (Fsp3) is 0.511. The molecule has 348 valence electrons. The van der Waals surface area contributed by atoms with Crippen LogP contribution in [0.15, 0.2) is 73.4 Å². The third-order valence-electron chi connectivity index (χ3n) is 11.6. The molecule has 17 heteroatoms. The first kappa shape index (κ1) is 50.0. The van der Waals surface area contributed by atoms with Gasteiger partial charge in [-0.15, -0.1) is 17.9 Å². The Bertz CT molecular complexity index is 2190. The van der Waals surface area contributed by atoms with E-state index in [9.17, 15) is 39.6 Å². The van der Waals surface area contributed by atoms with Crippen molar-refractivity contribution >= 4 is 45.4 Å². The quantitative estimate of drug-likeness (QED) is 0.0899. The predicted molar refractivity (Wildman–Crippen MR) is 232 cm³/mol. The van der Waals surface area contributed by atoms with Crippen LogP contribution < -0.4 is 4.74 Å². The van der Waals surface area contributed by atoms with E-state index in [0.29, 0.717) is 18.4 Å². The van der Waals surface area contributed by atoms with Crippen molar-refractivity contribution in [3.63, 3.8) is 0 Å². The molecule has 1 saturated heterocycles. The number of aryl methyl sites for hydroxylation is 1. The monoisotopic (exact) mass is 911 g/mol. The number of aliphatic hydroxyl groups is 4. The molecule has 0 radical (unpaired) electrons. The lowest BCUT2D eigenvalue weighted by molar-refractivity contribution is -0.272. The SMILES string of the molecule is C=CCOC(=O)[C@H]1O[C@@H](Oc2ccc(COC(=O)O[C@H]3CC(=O)O[C@H](c4ccc5sc(C)nc5c4)CC=C(C)CCC[C@H](C)[C@H](O)[C@@H](CC=C)C(=O)C3(C)C)cc2F)[C@H](O)[C@@H](O)[C@@H]1O. The van der Waals surface area contributed by atoms with Gasteiger partial charge in [0, 0.05) is 12.3 Å². The van der Waals surface area contributed by atoms with Crippen LogP contribution in [-0.2, 0) is 44.7 Å². The number of esters is 2. The Morgan fingerprint density at radius 1 is 1.00 bits per heavy atom. The van der Waals surface area contributed by atoms with E-state index < -0.39 is 109 Å². The summed E-state index contributed by atoms with van der Waals surface area (Å²) in [5, 5.41) is 43.5. The van der Waals surface area contributed by atoms with Crippen LogP contribution in [0.5, 0.6) is 5.75 Å². The molecule has 0 amide bonds. The smallest absolute Gasteiger partial charge is 0.459 e. The van der Waals surface area contributed by atoms with E-state index in [-0.39, 0.29) is 24.5 Å². The standard InChI is InChI=1S/C47H58FNO14S/c1-8-11-30-38(51)26(4)13-10-12-25(3)14-17-33(29-16-19-35-32(22-29)49-27(5)64-35)60-37(50)23-36(47(6,7)43(30)55)62-46(57)59-24-28-15-18-34(31(48)21-28)61-45-41(54)39(52)40(53)42(63-45)44(56)58-20-9-2/h8-9,14-16,18-19,21-22,26,30,33,36,38-42,45,51-54H,1-2,10-13,17,20,23-24H2,3-7H3/t26-,30+,33-,36-,38-,39-,40-,41+,42-,45+/m0/s1. The fourth-order valence-electron chi connectivity index (χ4n) is 7.72.